The van der Waals surface area contributed by atoms with Gasteiger partial charge in [0.1, 0.15) is 5.76 Å². The maximum Gasteiger partial charge on any atom is 0.276 e. The van der Waals surface area contributed by atoms with E-state index in [2.05, 4.69) is 16.5 Å². The SMILES string of the molecule is CSCCC1NC2(CCN(C(=O)c3cc(C)on3)CC2)N(Cc2ccccc2C#N)C1=O. The van der Waals surface area contributed by atoms with Crippen molar-refractivity contribution in [3.8, 4) is 6.07 Å². The van der Waals surface area contributed by atoms with Gasteiger partial charge in [0.15, 0.2) is 5.69 Å². The smallest absolute Gasteiger partial charge is 0.276 e. The van der Waals surface area contributed by atoms with Crippen molar-refractivity contribution in [3.05, 3.63) is 52.9 Å². The van der Waals surface area contributed by atoms with Crippen LogP contribution < -0.4 is 5.32 Å². The molecule has 1 aromatic heterocycles. The van der Waals surface area contributed by atoms with Crippen molar-refractivity contribution < 1.29 is 14.1 Å². The van der Waals surface area contributed by atoms with Crippen LogP contribution in [0.1, 0.15) is 46.6 Å². The van der Waals surface area contributed by atoms with Crippen LogP contribution in [0.4, 0.5) is 0 Å². The Balaban J connectivity index is 1.55. The van der Waals surface area contributed by atoms with E-state index in [4.69, 9.17) is 4.52 Å². The summed E-state index contributed by atoms with van der Waals surface area (Å²) in [7, 11) is 0. The number of amides is 2. The van der Waals surface area contributed by atoms with Crippen LogP contribution in [-0.2, 0) is 11.3 Å². The van der Waals surface area contributed by atoms with E-state index in [0.717, 1.165) is 17.7 Å². The van der Waals surface area contributed by atoms with Crippen molar-refractivity contribution in [3.63, 3.8) is 0 Å². The van der Waals surface area contributed by atoms with E-state index in [9.17, 15) is 14.9 Å². The van der Waals surface area contributed by atoms with Gasteiger partial charge in [0.05, 0.1) is 23.3 Å². The second-order valence-corrected chi connectivity index (χ2v) is 9.30. The van der Waals surface area contributed by atoms with Gasteiger partial charge in [-0.3, -0.25) is 14.9 Å². The summed E-state index contributed by atoms with van der Waals surface area (Å²) in [5.74, 6) is 1.40. The fraction of sp³-hybridized carbons (Fsp3) is 0.478. The highest BCUT2D eigenvalue weighted by Crippen LogP contribution is 2.35. The van der Waals surface area contributed by atoms with Crippen LogP contribution in [0.15, 0.2) is 34.9 Å². The first kappa shape index (κ1) is 22.4. The molecule has 1 unspecified atom stereocenters. The molecule has 2 saturated heterocycles. The van der Waals surface area contributed by atoms with Gasteiger partial charge >= 0.3 is 0 Å². The molecule has 1 spiro atoms. The van der Waals surface area contributed by atoms with Gasteiger partial charge in [-0.2, -0.15) is 17.0 Å². The number of piperidine rings is 1. The number of aryl methyl sites for hydroxylation is 1. The number of rotatable bonds is 6. The molecule has 9 heteroatoms. The van der Waals surface area contributed by atoms with Crippen molar-refractivity contribution in [2.75, 3.05) is 25.1 Å². The zero-order chi connectivity index (χ0) is 22.7. The average Bonchev–Trinajstić information content (AvgIpc) is 3.35. The number of thioether (sulfide) groups is 1. The summed E-state index contributed by atoms with van der Waals surface area (Å²) >= 11 is 1.72. The van der Waals surface area contributed by atoms with Gasteiger partial charge in [-0.15, -0.1) is 0 Å². The number of hydrogen-bond acceptors (Lipinski definition) is 7. The molecule has 8 nitrogen and oxygen atoms in total. The number of nitrogens with zero attached hydrogens (tertiary/aromatic N) is 4. The minimum absolute atomic E-state index is 0.0682. The van der Waals surface area contributed by atoms with Crippen LogP contribution >= 0.6 is 11.8 Å². The summed E-state index contributed by atoms with van der Waals surface area (Å²) < 4.78 is 5.05. The van der Waals surface area contributed by atoms with Gasteiger partial charge in [0.2, 0.25) is 5.91 Å². The van der Waals surface area contributed by atoms with E-state index in [1.165, 1.54) is 0 Å². The van der Waals surface area contributed by atoms with Crippen molar-refractivity contribution in [1.82, 2.24) is 20.3 Å². The van der Waals surface area contributed by atoms with E-state index in [0.29, 0.717) is 49.5 Å². The van der Waals surface area contributed by atoms with Crippen LogP contribution in [0.2, 0.25) is 0 Å². The number of carbonyl (C=O) groups excluding carboxylic acids is 2. The third-order valence-electron chi connectivity index (χ3n) is 6.33. The molecular formula is C23H27N5O3S. The maximum absolute atomic E-state index is 13.4. The summed E-state index contributed by atoms with van der Waals surface area (Å²) in [4.78, 5) is 29.9. The zero-order valence-corrected chi connectivity index (χ0v) is 19.2. The van der Waals surface area contributed by atoms with E-state index < -0.39 is 5.66 Å². The van der Waals surface area contributed by atoms with Crippen LogP contribution in [0.3, 0.4) is 0 Å². The Kier molecular flexibility index (Phi) is 6.53. The molecule has 0 saturated carbocycles. The van der Waals surface area contributed by atoms with Gasteiger partial charge in [-0.05, 0) is 37.0 Å². The molecule has 1 atom stereocenters. The number of aromatic nitrogens is 1. The molecule has 168 valence electrons. The fourth-order valence-electron chi connectivity index (χ4n) is 4.58. The molecule has 2 amide bonds. The topological polar surface area (TPSA) is 102 Å². The lowest BCUT2D eigenvalue weighted by atomic mass is 9.94. The minimum Gasteiger partial charge on any atom is -0.361 e. The molecule has 2 aromatic rings. The molecule has 2 aliphatic rings. The lowest BCUT2D eigenvalue weighted by Gasteiger charge is -2.44. The molecule has 1 N–H and O–H groups in total. The monoisotopic (exact) mass is 453 g/mol. The molecule has 0 radical (unpaired) electrons. The standard InChI is InChI=1S/C23H27N5O3S/c1-16-13-20(26-31-16)21(29)27-10-8-23(9-11-27)25-19(7-12-32-2)22(30)28(23)15-18-6-4-3-5-17(18)14-24/h3-6,13,19,25H,7-12,15H2,1-2H3. The molecule has 2 aliphatic heterocycles. The van der Waals surface area contributed by atoms with Crippen molar-refractivity contribution in [1.29, 1.82) is 5.26 Å². The first-order valence-electron chi connectivity index (χ1n) is 10.8. The quantitative estimate of drug-likeness (QED) is 0.717. The van der Waals surface area contributed by atoms with E-state index in [-0.39, 0.29) is 17.9 Å². The first-order valence-corrected chi connectivity index (χ1v) is 12.2. The highest BCUT2D eigenvalue weighted by atomic mass is 32.2. The fourth-order valence-corrected chi connectivity index (χ4v) is 5.06. The van der Waals surface area contributed by atoms with Crippen molar-refractivity contribution in [2.24, 2.45) is 0 Å². The Bertz CT molecular complexity index is 1040. The van der Waals surface area contributed by atoms with Crippen molar-refractivity contribution in [2.45, 2.75) is 44.4 Å². The van der Waals surface area contributed by atoms with Crippen molar-refractivity contribution >= 4 is 23.6 Å². The number of hydrogen-bond donors (Lipinski definition) is 1. The van der Waals surface area contributed by atoms with Crippen LogP contribution in [0.25, 0.3) is 0 Å². The summed E-state index contributed by atoms with van der Waals surface area (Å²) in [6, 6.07) is 11.0. The average molecular weight is 454 g/mol. The molecule has 1 aromatic carbocycles. The number of carbonyl (C=O) groups is 2. The van der Waals surface area contributed by atoms with Gasteiger partial charge in [-0.25, -0.2) is 0 Å². The summed E-state index contributed by atoms with van der Waals surface area (Å²) in [6.45, 7) is 3.16. The Morgan fingerprint density at radius 1 is 1.38 bits per heavy atom. The molecule has 0 bridgehead atoms. The third kappa shape index (κ3) is 4.25. The summed E-state index contributed by atoms with van der Waals surface area (Å²) in [5, 5.41) is 17.0. The molecule has 32 heavy (non-hydrogen) atoms. The number of likely N-dealkylation sites (tertiary alicyclic amines) is 1. The summed E-state index contributed by atoms with van der Waals surface area (Å²) in [5.41, 5.74) is 1.20. The van der Waals surface area contributed by atoms with E-state index >= 15 is 0 Å². The zero-order valence-electron chi connectivity index (χ0n) is 18.3. The number of benzene rings is 1. The molecule has 2 fully saturated rings. The second-order valence-electron chi connectivity index (χ2n) is 8.32. The molecule has 3 heterocycles. The third-order valence-corrected chi connectivity index (χ3v) is 6.97. The van der Waals surface area contributed by atoms with Crippen LogP contribution in [0, 0.1) is 18.3 Å². The minimum atomic E-state index is -0.529. The van der Waals surface area contributed by atoms with E-state index in [1.54, 1.807) is 35.7 Å². The largest absolute Gasteiger partial charge is 0.361 e. The van der Waals surface area contributed by atoms with Gasteiger partial charge in [0, 0.05) is 38.5 Å². The second kappa shape index (κ2) is 9.35. The maximum atomic E-state index is 13.4. The highest BCUT2D eigenvalue weighted by Gasteiger charge is 2.51. The predicted octanol–water partition coefficient (Wildman–Crippen LogP) is 2.54. The van der Waals surface area contributed by atoms with E-state index in [1.807, 2.05) is 29.4 Å². The van der Waals surface area contributed by atoms with Gasteiger partial charge in [0.25, 0.3) is 5.91 Å². The first-order chi connectivity index (χ1) is 15.5. The Hall–Kier alpha value is -2.83. The molecule has 4 rings (SSSR count). The van der Waals surface area contributed by atoms with Gasteiger partial charge in [-0.1, -0.05) is 23.4 Å². The Morgan fingerprint density at radius 3 is 2.78 bits per heavy atom. The van der Waals surface area contributed by atoms with Crippen LogP contribution in [-0.4, -0.2) is 63.6 Å². The van der Waals surface area contributed by atoms with Crippen LogP contribution in [0.5, 0.6) is 0 Å². The highest BCUT2D eigenvalue weighted by molar-refractivity contribution is 7.98. The Morgan fingerprint density at radius 2 is 2.12 bits per heavy atom. The Labute approximate surface area is 191 Å². The number of nitriles is 1. The predicted molar refractivity (Wildman–Crippen MR) is 121 cm³/mol. The number of nitrogens with one attached hydrogen (secondary N) is 1. The molecule has 0 aliphatic carbocycles. The molecular weight excluding hydrogens is 426 g/mol. The lowest BCUT2D eigenvalue weighted by molar-refractivity contribution is -0.134. The lowest BCUT2D eigenvalue weighted by Crippen LogP contribution is -2.59. The normalized spacial score (nSPS) is 20.0. The summed E-state index contributed by atoms with van der Waals surface area (Å²) in [6.07, 6.45) is 4.02. The van der Waals surface area contributed by atoms with Gasteiger partial charge < -0.3 is 14.3 Å².